The van der Waals surface area contributed by atoms with Crippen LogP contribution in [0.5, 0.6) is 0 Å². The molecule has 0 saturated carbocycles. The zero-order valence-electron chi connectivity index (χ0n) is 28.6. The number of hydrogen-bond acceptors (Lipinski definition) is 1. The van der Waals surface area contributed by atoms with Crippen LogP contribution in [-0.4, -0.2) is 14.1 Å². The lowest BCUT2D eigenvalue weighted by atomic mass is 9.99. The van der Waals surface area contributed by atoms with E-state index in [2.05, 4.69) is 4.98 Å². The molecule has 0 aliphatic carbocycles. The van der Waals surface area contributed by atoms with Crippen molar-refractivity contribution in [2.45, 2.75) is 18.5 Å². The van der Waals surface area contributed by atoms with Gasteiger partial charge in [0.2, 0.25) is 0 Å². The molecule has 0 bridgehead atoms. The van der Waals surface area contributed by atoms with Crippen LogP contribution in [0.1, 0.15) is 16.7 Å². The molecular weight excluding hydrogens is 741 g/mol. The summed E-state index contributed by atoms with van der Waals surface area (Å²) < 4.78 is 135. The van der Waals surface area contributed by atoms with E-state index in [9.17, 15) is 26.3 Å². The highest BCUT2D eigenvalue weighted by molar-refractivity contribution is 6.12. The normalized spacial score (nSPS) is 12.7. The smallest absolute Gasteiger partial charge is 0.307 e. The predicted molar refractivity (Wildman–Crippen MR) is 199 cm³/mol. The van der Waals surface area contributed by atoms with Crippen molar-refractivity contribution >= 4 is 43.6 Å². The fraction of sp³-hybridized carbons (Fsp3) is 0.0682. The third-order valence-corrected chi connectivity index (χ3v) is 10.00. The summed E-state index contributed by atoms with van der Waals surface area (Å²) in [5, 5.41) is 1.68. The van der Waals surface area contributed by atoms with E-state index in [0.29, 0.717) is 38.3 Å². The Hall–Kier alpha value is -6.56. The van der Waals surface area contributed by atoms with Crippen LogP contribution in [0, 0.1) is 0 Å². The molecule has 0 saturated heterocycles. The van der Waals surface area contributed by atoms with Crippen molar-refractivity contribution in [3.63, 3.8) is 0 Å². The Morgan fingerprint density at radius 3 is 1.36 bits per heavy atom. The molecular formula is C44H24F9N3. The number of pyridine rings is 1. The summed E-state index contributed by atoms with van der Waals surface area (Å²) in [6.07, 6.45) is -14.6. The van der Waals surface area contributed by atoms with E-state index in [1.807, 2.05) is 0 Å². The van der Waals surface area contributed by atoms with Crippen LogP contribution in [0.2, 0.25) is 0 Å². The molecule has 6 aromatic carbocycles. The third-order valence-electron chi connectivity index (χ3n) is 10.00. The fourth-order valence-electron chi connectivity index (χ4n) is 7.55. The molecule has 3 nitrogen and oxygen atoms in total. The maximum absolute atomic E-state index is 15.5. The molecule has 0 amide bonds. The molecule has 0 aliphatic rings. The molecule has 0 radical (unpaired) electrons. The largest absolute Gasteiger partial charge is 0.417 e. The molecule has 278 valence electrons. The standard InChI is InChI=1S/C44H24F9N3/c45-42(46,47)26-17-19-30-28-11-4-6-15-36(28)55(38(30)21-26)40-23-32(35-14-8-13-34(54-35)25-9-2-1-3-10-25)33(44(51,52)53)24-41(40)56-37-16-7-5-12-29(37)31-20-18-27(22-39(31)56)43(48,49)50/h1-24H. The number of para-hydroxylation sites is 2. The van der Waals surface area contributed by atoms with E-state index >= 15 is 13.2 Å². The zero-order chi connectivity index (χ0) is 39.1. The summed E-state index contributed by atoms with van der Waals surface area (Å²) in [5.74, 6) is 0. The van der Waals surface area contributed by atoms with Gasteiger partial charge in [0.25, 0.3) is 0 Å². The van der Waals surface area contributed by atoms with Crippen LogP contribution in [0.3, 0.4) is 0 Å². The van der Waals surface area contributed by atoms with Crippen molar-refractivity contribution in [3.05, 3.63) is 162 Å². The van der Waals surface area contributed by atoms with Crippen LogP contribution in [0.25, 0.3) is 77.5 Å². The fourth-order valence-corrected chi connectivity index (χ4v) is 7.55. The highest BCUT2D eigenvalue weighted by Gasteiger charge is 2.37. The van der Waals surface area contributed by atoms with Crippen molar-refractivity contribution in [3.8, 4) is 33.9 Å². The lowest BCUT2D eigenvalue weighted by Gasteiger charge is -2.22. The van der Waals surface area contributed by atoms with Gasteiger partial charge in [-0.1, -0.05) is 84.9 Å². The Kier molecular flexibility index (Phi) is 7.84. The average Bonchev–Trinajstić information content (AvgIpc) is 3.69. The molecule has 3 aromatic heterocycles. The molecule has 12 heteroatoms. The molecule has 0 aliphatic heterocycles. The Morgan fingerprint density at radius 1 is 0.375 bits per heavy atom. The molecule has 0 atom stereocenters. The number of rotatable bonds is 4. The second-order valence-corrected chi connectivity index (χ2v) is 13.3. The van der Waals surface area contributed by atoms with Crippen LogP contribution in [0.15, 0.2) is 146 Å². The minimum Gasteiger partial charge on any atom is -0.307 e. The van der Waals surface area contributed by atoms with Crippen LogP contribution in [0.4, 0.5) is 39.5 Å². The van der Waals surface area contributed by atoms with E-state index < -0.39 is 35.2 Å². The van der Waals surface area contributed by atoms with Gasteiger partial charge in [-0.15, -0.1) is 0 Å². The maximum Gasteiger partial charge on any atom is 0.417 e. The summed E-state index contributed by atoms with van der Waals surface area (Å²) >= 11 is 0. The first-order valence-corrected chi connectivity index (χ1v) is 17.2. The van der Waals surface area contributed by atoms with Crippen LogP contribution < -0.4 is 0 Å². The summed E-state index contributed by atoms with van der Waals surface area (Å²) in [7, 11) is 0. The minimum atomic E-state index is -5.02. The monoisotopic (exact) mass is 765 g/mol. The van der Waals surface area contributed by atoms with Crippen LogP contribution >= 0.6 is 0 Å². The van der Waals surface area contributed by atoms with E-state index in [0.717, 1.165) is 30.3 Å². The molecule has 56 heavy (non-hydrogen) atoms. The first-order chi connectivity index (χ1) is 26.7. The second kappa shape index (κ2) is 12.5. The van der Waals surface area contributed by atoms with E-state index in [-0.39, 0.29) is 39.2 Å². The number of benzene rings is 6. The highest BCUT2D eigenvalue weighted by Crippen LogP contribution is 2.46. The number of halogens is 9. The van der Waals surface area contributed by atoms with Gasteiger partial charge >= 0.3 is 18.5 Å². The lowest BCUT2D eigenvalue weighted by Crippen LogP contribution is -2.13. The first kappa shape index (κ1) is 35.2. The number of hydrogen-bond donors (Lipinski definition) is 0. The highest BCUT2D eigenvalue weighted by atomic mass is 19.4. The van der Waals surface area contributed by atoms with E-state index in [1.54, 1.807) is 91.0 Å². The number of aromatic nitrogens is 3. The maximum atomic E-state index is 15.5. The molecule has 0 fully saturated rings. The molecule has 9 rings (SSSR count). The molecule has 0 unspecified atom stereocenters. The summed E-state index contributed by atoms with van der Waals surface area (Å²) in [5.41, 5.74) is -2.26. The van der Waals surface area contributed by atoms with Gasteiger partial charge in [0, 0.05) is 32.7 Å². The van der Waals surface area contributed by atoms with Gasteiger partial charge < -0.3 is 9.13 Å². The first-order valence-electron chi connectivity index (χ1n) is 17.2. The van der Waals surface area contributed by atoms with Crippen molar-refractivity contribution in [1.29, 1.82) is 0 Å². The van der Waals surface area contributed by atoms with Gasteiger partial charge in [-0.05, 0) is 60.7 Å². The topological polar surface area (TPSA) is 22.8 Å². The summed E-state index contributed by atoms with van der Waals surface area (Å²) in [6.45, 7) is 0. The third kappa shape index (κ3) is 5.75. The summed E-state index contributed by atoms with van der Waals surface area (Å²) in [6, 6.07) is 34.8. The van der Waals surface area contributed by atoms with Gasteiger partial charge in [-0.25, -0.2) is 4.98 Å². The van der Waals surface area contributed by atoms with Gasteiger partial charge in [-0.3, -0.25) is 0 Å². The summed E-state index contributed by atoms with van der Waals surface area (Å²) in [4.78, 5) is 4.62. The van der Waals surface area contributed by atoms with Crippen molar-refractivity contribution < 1.29 is 39.5 Å². The Morgan fingerprint density at radius 2 is 0.839 bits per heavy atom. The zero-order valence-corrected chi connectivity index (χ0v) is 28.6. The van der Waals surface area contributed by atoms with E-state index in [4.69, 9.17) is 0 Å². The van der Waals surface area contributed by atoms with E-state index in [1.165, 1.54) is 33.4 Å². The number of nitrogens with zero attached hydrogens (tertiary/aromatic N) is 3. The Balaban J connectivity index is 1.48. The number of alkyl halides is 9. The van der Waals surface area contributed by atoms with Crippen molar-refractivity contribution in [2.75, 3.05) is 0 Å². The van der Waals surface area contributed by atoms with Crippen LogP contribution in [-0.2, 0) is 18.5 Å². The Labute approximate surface area is 311 Å². The van der Waals surface area contributed by atoms with Crippen molar-refractivity contribution in [2.24, 2.45) is 0 Å². The Bertz CT molecular complexity index is 2990. The number of fused-ring (bicyclic) bond motifs is 6. The van der Waals surface area contributed by atoms with Gasteiger partial charge in [0.05, 0.1) is 61.5 Å². The second-order valence-electron chi connectivity index (χ2n) is 13.3. The quantitative estimate of drug-likeness (QED) is 0.164. The average molecular weight is 766 g/mol. The molecule has 3 heterocycles. The SMILES string of the molecule is FC(F)(F)c1ccc2c3ccccc3n(-c3cc(-c4cccc(-c5ccccc5)n4)c(C(F)(F)F)cc3-n3c4ccccc4c4ccc(C(F)(F)F)cc43)c2c1. The molecule has 9 aromatic rings. The molecule has 0 N–H and O–H groups in total. The molecule has 0 spiro atoms. The minimum absolute atomic E-state index is 0.0227. The van der Waals surface area contributed by atoms with Crippen molar-refractivity contribution in [1.82, 2.24) is 14.1 Å². The van der Waals surface area contributed by atoms with Gasteiger partial charge in [0.15, 0.2) is 0 Å². The van der Waals surface area contributed by atoms with Gasteiger partial charge in [-0.2, -0.15) is 39.5 Å². The predicted octanol–water partition coefficient (Wildman–Crippen LogP) is 13.7. The lowest BCUT2D eigenvalue weighted by molar-refractivity contribution is -0.138. The van der Waals surface area contributed by atoms with Gasteiger partial charge in [0.1, 0.15) is 0 Å².